The van der Waals surface area contributed by atoms with E-state index in [1.54, 1.807) is 11.6 Å². The summed E-state index contributed by atoms with van der Waals surface area (Å²) < 4.78 is 7.44. The highest BCUT2D eigenvalue weighted by Gasteiger charge is 2.16. The van der Waals surface area contributed by atoms with Crippen LogP contribution in [0.25, 0.3) is 5.57 Å². The Kier molecular flexibility index (Phi) is 8.65. The van der Waals surface area contributed by atoms with Gasteiger partial charge >= 0.3 is 5.97 Å². The molecule has 7 nitrogen and oxygen atoms in total. The smallest absolute Gasteiger partial charge is 0.303 e. The molecular weight excluding hydrogens is 382 g/mol. The summed E-state index contributed by atoms with van der Waals surface area (Å²) in [5.41, 5.74) is 2.80. The molecule has 0 aliphatic heterocycles. The molecule has 0 saturated heterocycles. The quantitative estimate of drug-likeness (QED) is 0.550. The Balaban J connectivity index is 2.12. The van der Waals surface area contributed by atoms with Crippen LogP contribution in [0, 0.1) is 0 Å². The SMILES string of the molecule is C=C(CCC)c1nc(CC)n(CCOc2ccc(CCC(=O)O)cc2)c(=O)c1NC. The molecule has 0 spiro atoms. The number of aryl methyl sites for hydroxylation is 2. The molecule has 1 aromatic heterocycles. The second-order valence-electron chi connectivity index (χ2n) is 7.05. The molecule has 0 saturated carbocycles. The van der Waals surface area contributed by atoms with Gasteiger partial charge in [0.15, 0.2) is 0 Å². The van der Waals surface area contributed by atoms with Gasteiger partial charge in [0.1, 0.15) is 23.9 Å². The van der Waals surface area contributed by atoms with E-state index >= 15 is 0 Å². The number of carbonyl (C=O) groups is 1. The number of hydrogen-bond donors (Lipinski definition) is 2. The fourth-order valence-corrected chi connectivity index (χ4v) is 3.26. The van der Waals surface area contributed by atoms with E-state index in [2.05, 4.69) is 18.8 Å². The summed E-state index contributed by atoms with van der Waals surface area (Å²) in [6.45, 7) is 8.84. The fourth-order valence-electron chi connectivity index (χ4n) is 3.26. The first-order valence-corrected chi connectivity index (χ1v) is 10.3. The first kappa shape index (κ1) is 23.2. The lowest BCUT2D eigenvalue weighted by atomic mass is 10.1. The average Bonchev–Trinajstić information content (AvgIpc) is 2.73. The largest absolute Gasteiger partial charge is 0.492 e. The van der Waals surface area contributed by atoms with Gasteiger partial charge in [-0.3, -0.25) is 14.2 Å². The van der Waals surface area contributed by atoms with Gasteiger partial charge in [0, 0.05) is 19.9 Å². The average molecular weight is 414 g/mol. The van der Waals surface area contributed by atoms with E-state index in [4.69, 9.17) is 14.8 Å². The highest BCUT2D eigenvalue weighted by Crippen LogP contribution is 2.22. The van der Waals surface area contributed by atoms with Crippen molar-refractivity contribution in [1.82, 2.24) is 9.55 Å². The number of anilines is 1. The van der Waals surface area contributed by atoms with Crippen molar-refractivity contribution < 1.29 is 14.6 Å². The number of aliphatic carboxylic acids is 1. The van der Waals surface area contributed by atoms with Crippen LogP contribution in [0.1, 0.15) is 50.2 Å². The summed E-state index contributed by atoms with van der Waals surface area (Å²) in [7, 11) is 1.72. The molecule has 2 aromatic rings. The zero-order chi connectivity index (χ0) is 22.1. The molecule has 1 heterocycles. The first-order chi connectivity index (χ1) is 14.4. The first-order valence-electron chi connectivity index (χ1n) is 10.3. The second-order valence-corrected chi connectivity index (χ2v) is 7.05. The van der Waals surface area contributed by atoms with Gasteiger partial charge in [0.2, 0.25) is 0 Å². The molecule has 0 aliphatic rings. The molecule has 2 N–H and O–H groups in total. The molecule has 0 aliphatic carbocycles. The van der Waals surface area contributed by atoms with Gasteiger partial charge in [-0.2, -0.15) is 0 Å². The topological polar surface area (TPSA) is 93.5 Å². The van der Waals surface area contributed by atoms with Crippen molar-refractivity contribution in [1.29, 1.82) is 0 Å². The highest BCUT2D eigenvalue weighted by molar-refractivity contribution is 5.71. The Bertz CT molecular complexity index is 933. The lowest BCUT2D eigenvalue weighted by molar-refractivity contribution is -0.136. The van der Waals surface area contributed by atoms with E-state index in [0.717, 1.165) is 24.0 Å². The lowest BCUT2D eigenvalue weighted by Crippen LogP contribution is -2.30. The Morgan fingerprint density at radius 2 is 1.93 bits per heavy atom. The van der Waals surface area contributed by atoms with Crippen molar-refractivity contribution in [3.8, 4) is 5.75 Å². The van der Waals surface area contributed by atoms with Gasteiger partial charge in [-0.15, -0.1) is 0 Å². The summed E-state index contributed by atoms with van der Waals surface area (Å²) in [6, 6.07) is 7.35. The Labute approximate surface area is 177 Å². The van der Waals surface area contributed by atoms with Gasteiger partial charge in [0.05, 0.1) is 12.2 Å². The minimum Gasteiger partial charge on any atom is -0.492 e. The molecule has 0 radical (unpaired) electrons. The summed E-state index contributed by atoms with van der Waals surface area (Å²) in [5, 5.41) is 11.8. The van der Waals surface area contributed by atoms with E-state index < -0.39 is 5.97 Å². The van der Waals surface area contributed by atoms with E-state index in [9.17, 15) is 9.59 Å². The number of nitrogens with zero attached hydrogens (tertiary/aromatic N) is 2. The normalized spacial score (nSPS) is 10.6. The van der Waals surface area contributed by atoms with Gasteiger partial charge in [-0.1, -0.05) is 39.0 Å². The van der Waals surface area contributed by atoms with Gasteiger partial charge < -0.3 is 15.2 Å². The van der Waals surface area contributed by atoms with Crippen molar-refractivity contribution in [3.05, 3.63) is 58.3 Å². The number of aromatic nitrogens is 2. The van der Waals surface area contributed by atoms with Crippen molar-refractivity contribution >= 4 is 17.2 Å². The third-order valence-electron chi connectivity index (χ3n) is 4.84. The van der Waals surface area contributed by atoms with Crippen LogP contribution in [0.5, 0.6) is 5.75 Å². The molecule has 7 heteroatoms. The maximum atomic E-state index is 13.0. The summed E-state index contributed by atoms with van der Waals surface area (Å²) in [4.78, 5) is 28.4. The maximum Gasteiger partial charge on any atom is 0.303 e. The van der Waals surface area contributed by atoms with Crippen LogP contribution in [0.15, 0.2) is 35.6 Å². The zero-order valence-corrected chi connectivity index (χ0v) is 18.0. The van der Waals surface area contributed by atoms with Crippen LogP contribution in [0.2, 0.25) is 0 Å². The van der Waals surface area contributed by atoms with Crippen molar-refractivity contribution in [2.75, 3.05) is 19.0 Å². The fraction of sp³-hybridized carbons (Fsp3) is 0.435. The molecule has 30 heavy (non-hydrogen) atoms. The minimum absolute atomic E-state index is 0.102. The van der Waals surface area contributed by atoms with Crippen molar-refractivity contribution in [2.45, 2.75) is 52.5 Å². The molecule has 162 valence electrons. The summed E-state index contributed by atoms with van der Waals surface area (Å²) >= 11 is 0. The number of rotatable bonds is 12. The number of benzene rings is 1. The molecular formula is C23H31N3O4. The monoisotopic (exact) mass is 413 g/mol. The number of carboxylic acid groups (broad SMARTS) is 1. The number of allylic oxidation sites excluding steroid dienone is 1. The molecule has 0 amide bonds. The summed E-state index contributed by atoms with van der Waals surface area (Å²) in [5.74, 6) is 0.570. The number of nitrogens with one attached hydrogen (secondary N) is 1. The molecule has 0 atom stereocenters. The molecule has 0 fully saturated rings. The predicted octanol–water partition coefficient (Wildman–Crippen LogP) is 3.76. The number of ether oxygens (including phenoxy) is 1. The molecule has 0 bridgehead atoms. The van der Waals surface area contributed by atoms with Crippen LogP contribution in [0.3, 0.4) is 0 Å². The van der Waals surface area contributed by atoms with Crippen LogP contribution >= 0.6 is 0 Å². The highest BCUT2D eigenvalue weighted by atomic mass is 16.5. The van der Waals surface area contributed by atoms with Crippen LogP contribution in [0.4, 0.5) is 5.69 Å². The van der Waals surface area contributed by atoms with Crippen LogP contribution in [-0.4, -0.2) is 34.3 Å². The third-order valence-corrected chi connectivity index (χ3v) is 4.84. The van der Waals surface area contributed by atoms with Gasteiger partial charge in [-0.05, 0) is 36.1 Å². The van der Waals surface area contributed by atoms with Gasteiger partial charge in [-0.25, -0.2) is 4.98 Å². The second kappa shape index (κ2) is 11.2. The van der Waals surface area contributed by atoms with E-state index in [1.165, 1.54) is 0 Å². The third kappa shape index (κ3) is 5.95. The summed E-state index contributed by atoms with van der Waals surface area (Å²) in [6.07, 6.45) is 2.95. The standard InChI is InChI=1S/C23H31N3O4/c1-5-7-16(3)21-22(24-4)23(29)26(19(6-2)25-21)14-15-30-18-11-8-17(9-12-18)10-13-20(27)28/h8-9,11-12,24H,3,5-7,10,13-15H2,1-2,4H3,(H,27,28). The molecule has 2 rings (SSSR count). The van der Waals surface area contributed by atoms with E-state index in [1.807, 2.05) is 31.2 Å². The van der Waals surface area contributed by atoms with Crippen LogP contribution in [-0.2, 0) is 24.2 Å². The maximum absolute atomic E-state index is 13.0. The van der Waals surface area contributed by atoms with Gasteiger partial charge in [0.25, 0.3) is 5.56 Å². The van der Waals surface area contributed by atoms with Crippen molar-refractivity contribution in [3.63, 3.8) is 0 Å². The minimum atomic E-state index is -0.814. The zero-order valence-electron chi connectivity index (χ0n) is 18.0. The molecule has 1 aromatic carbocycles. The Morgan fingerprint density at radius 1 is 1.23 bits per heavy atom. The molecule has 0 unspecified atom stereocenters. The number of hydrogen-bond acceptors (Lipinski definition) is 5. The predicted molar refractivity (Wildman–Crippen MR) is 119 cm³/mol. The number of carboxylic acids is 1. The van der Waals surface area contributed by atoms with Crippen molar-refractivity contribution in [2.24, 2.45) is 0 Å². The van der Waals surface area contributed by atoms with Crippen LogP contribution < -0.4 is 15.6 Å². The Morgan fingerprint density at radius 3 is 2.50 bits per heavy atom. The Hall–Kier alpha value is -3.09. The van der Waals surface area contributed by atoms with E-state index in [0.29, 0.717) is 48.9 Å². The lowest BCUT2D eigenvalue weighted by Gasteiger charge is -2.17. The van der Waals surface area contributed by atoms with E-state index in [-0.39, 0.29) is 12.0 Å².